The Kier molecular flexibility index (Phi) is 4.43. The zero-order valence-corrected chi connectivity index (χ0v) is 16.4. The molecule has 3 aromatic rings. The largest absolute Gasteiger partial charge is 0.462 e. The predicted molar refractivity (Wildman–Crippen MR) is 105 cm³/mol. The first-order valence-corrected chi connectivity index (χ1v) is 9.19. The molecule has 2 aromatic heterocycles. The quantitative estimate of drug-likeness (QED) is 0.642. The van der Waals surface area contributed by atoms with Crippen molar-refractivity contribution >= 4 is 17.7 Å². The molecule has 1 aliphatic rings. The maximum atomic E-state index is 12.6. The number of aromatic nitrogens is 2. The SMILES string of the molecule is CCOC(=O)c1cn2c(C)c(C)nc2c2c1C=CC(OC)(c1ccccc1)O2. The Morgan fingerprint density at radius 3 is 2.68 bits per heavy atom. The average Bonchev–Trinajstić information content (AvgIpc) is 3.02. The summed E-state index contributed by atoms with van der Waals surface area (Å²) < 4.78 is 19.3. The van der Waals surface area contributed by atoms with Gasteiger partial charge in [-0.2, -0.15) is 0 Å². The zero-order valence-electron chi connectivity index (χ0n) is 16.4. The Balaban J connectivity index is 1.97. The zero-order chi connectivity index (χ0) is 19.9. The van der Waals surface area contributed by atoms with Crippen molar-refractivity contribution in [2.24, 2.45) is 0 Å². The van der Waals surface area contributed by atoms with Gasteiger partial charge in [0.15, 0.2) is 11.4 Å². The lowest BCUT2D eigenvalue weighted by Crippen LogP contribution is -2.35. The van der Waals surface area contributed by atoms with Crippen molar-refractivity contribution < 1.29 is 19.0 Å². The van der Waals surface area contributed by atoms with Crippen molar-refractivity contribution in [2.45, 2.75) is 26.6 Å². The van der Waals surface area contributed by atoms with Gasteiger partial charge in [-0.05, 0) is 32.9 Å². The fourth-order valence-corrected chi connectivity index (χ4v) is 3.46. The number of carbonyl (C=O) groups is 1. The summed E-state index contributed by atoms with van der Waals surface area (Å²) in [5.74, 6) is -1.00. The highest BCUT2D eigenvalue weighted by atomic mass is 16.7. The molecule has 3 heterocycles. The van der Waals surface area contributed by atoms with E-state index < -0.39 is 11.8 Å². The van der Waals surface area contributed by atoms with Crippen LogP contribution in [0.15, 0.2) is 42.6 Å². The molecule has 0 aliphatic carbocycles. The van der Waals surface area contributed by atoms with Crippen LogP contribution in [0.25, 0.3) is 11.7 Å². The standard InChI is InChI=1S/C22H22N2O4/c1-5-27-21(25)18-13-24-15(3)14(2)23-20(24)19-17(18)11-12-22(26-4,28-19)16-9-7-6-8-10-16/h6-13H,5H2,1-4H3. The van der Waals surface area contributed by atoms with Gasteiger partial charge in [0.05, 0.1) is 17.9 Å². The fourth-order valence-electron chi connectivity index (χ4n) is 3.46. The lowest BCUT2D eigenvalue weighted by atomic mass is 9.99. The Hall–Kier alpha value is -3.12. The van der Waals surface area contributed by atoms with E-state index in [0.29, 0.717) is 29.1 Å². The molecule has 144 valence electrons. The summed E-state index contributed by atoms with van der Waals surface area (Å²) in [5, 5.41) is 0. The van der Waals surface area contributed by atoms with Crippen LogP contribution in [-0.4, -0.2) is 29.1 Å². The third-order valence-corrected chi connectivity index (χ3v) is 5.08. The summed E-state index contributed by atoms with van der Waals surface area (Å²) in [5.41, 5.74) is 4.35. The molecule has 1 unspecified atom stereocenters. The summed E-state index contributed by atoms with van der Waals surface area (Å²) in [6.07, 6.45) is 5.42. The molecule has 0 bridgehead atoms. The van der Waals surface area contributed by atoms with E-state index in [1.54, 1.807) is 20.2 Å². The Labute approximate surface area is 163 Å². The second-order valence-corrected chi connectivity index (χ2v) is 6.66. The van der Waals surface area contributed by atoms with E-state index in [9.17, 15) is 4.79 Å². The molecule has 6 heteroatoms. The maximum absolute atomic E-state index is 12.6. The Morgan fingerprint density at radius 2 is 2.00 bits per heavy atom. The minimum atomic E-state index is -1.10. The third kappa shape index (κ3) is 2.68. The smallest absolute Gasteiger partial charge is 0.340 e. The van der Waals surface area contributed by atoms with Crippen LogP contribution < -0.4 is 4.74 Å². The van der Waals surface area contributed by atoms with Gasteiger partial charge in [0.1, 0.15) is 0 Å². The number of nitrogens with zero attached hydrogens (tertiary/aromatic N) is 2. The number of imidazole rings is 1. The Morgan fingerprint density at radius 1 is 1.25 bits per heavy atom. The van der Waals surface area contributed by atoms with Gasteiger partial charge in [0, 0.05) is 30.1 Å². The molecule has 4 rings (SSSR count). The number of pyridine rings is 1. The lowest BCUT2D eigenvalue weighted by Gasteiger charge is -2.34. The summed E-state index contributed by atoms with van der Waals surface area (Å²) >= 11 is 0. The average molecular weight is 378 g/mol. The van der Waals surface area contributed by atoms with Crippen LogP contribution in [0.1, 0.15) is 39.8 Å². The molecular formula is C22H22N2O4. The van der Waals surface area contributed by atoms with E-state index >= 15 is 0 Å². The first kappa shape index (κ1) is 18.3. The summed E-state index contributed by atoms with van der Waals surface area (Å²) in [6.45, 7) is 5.96. The predicted octanol–water partition coefficient (Wildman–Crippen LogP) is 4.03. The van der Waals surface area contributed by atoms with Crippen LogP contribution in [0.2, 0.25) is 0 Å². The van der Waals surface area contributed by atoms with E-state index in [1.165, 1.54) is 0 Å². The summed E-state index contributed by atoms with van der Waals surface area (Å²) in [6, 6.07) is 9.67. The van der Waals surface area contributed by atoms with Gasteiger partial charge >= 0.3 is 5.97 Å². The van der Waals surface area contributed by atoms with E-state index in [2.05, 4.69) is 4.98 Å². The second kappa shape index (κ2) is 6.80. The van der Waals surface area contributed by atoms with E-state index in [0.717, 1.165) is 17.0 Å². The molecule has 0 fully saturated rings. The number of fused-ring (bicyclic) bond motifs is 3. The molecule has 28 heavy (non-hydrogen) atoms. The second-order valence-electron chi connectivity index (χ2n) is 6.66. The molecule has 0 amide bonds. The molecule has 0 spiro atoms. The van der Waals surface area contributed by atoms with Crippen molar-refractivity contribution in [1.29, 1.82) is 0 Å². The third-order valence-electron chi connectivity index (χ3n) is 5.08. The molecule has 0 saturated carbocycles. The van der Waals surface area contributed by atoms with Gasteiger partial charge in [-0.1, -0.05) is 30.3 Å². The highest BCUT2D eigenvalue weighted by Gasteiger charge is 2.38. The number of rotatable bonds is 4. The van der Waals surface area contributed by atoms with Crippen LogP contribution in [0.5, 0.6) is 5.75 Å². The number of aryl methyl sites for hydroxylation is 2. The fraction of sp³-hybridized carbons (Fsp3) is 0.273. The molecule has 0 saturated heterocycles. The van der Waals surface area contributed by atoms with Gasteiger partial charge in [-0.3, -0.25) is 0 Å². The number of ether oxygens (including phenoxy) is 3. The summed E-state index contributed by atoms with van der Waals surface area (Å²) in [7, 11) is 1.59. The van der Waals surface area contributed by atoms with Crippen LogP contribution in [0.4, 0.5) is 0 Å². The van der Waals surface area contributed by atoms with E-state index in [1.807, 2.05) is 60.7 Å². The van der Waals surface area contributed by atoms with Crippen LogP contribution >= 0.6 is 0 Å². The number of esters is 1. The number of hydrogen-bond donors (Lipinski definition) is 0. The van der Waals surface area contributed by atoms with E-state index in [4.69, 9.17) is 14.2 Å². The van der Waals surface area contributed by atoms with Crippen LogP contribution in [0.3, 0.4) is 0 Å². The van der Waals surface area contributed by atoms with E-state index in [-0.39, 0.29) is 0 Å². The van der Waals surface area contributed by atoms with Crippen molar-refractivity contribution in [3.05, 3.63) is 70.7 Å². The molecule has 1 aliphatic heterocycles. The van der Waals surface area contributed by atoms with Crippen LogP contribution in [0, 0.1) is 13.8 Å². The first-order valence-electron chi connectivity index (χ1n) is 9.19. The van der Waals surface area contributed by atoms with Crippen molar-refractivity contribution in [1.82, 2.24) is 9.38 Å². The monoisotopic (exact) mass is 378 g/mol. The van der Waals surface area contributed by atoms with Gasteiger partial charge < -0.3 is 18.6 Å². The molecule has 1 aromatic carbocycles. The minimum absolute atomic E-state index is 0.296. The lowest BCUT2D eigenvalue weighted by molar-refractivity contribution is -0.132. The normalized spacial score (nSPS) is 18.0. The first-order chi connectivity index (χ1) is 13.5. The van der Waals surface area contributed by atoms with Gasteiger partial charge in [-0.15, -0.1) is 0 Å². The Bertz CT molecular complexity index is 1090. The van der Waals surface area contributed by atoms with Crippen molar-refractivity contribution in [3.63, 3.8) is 0 Å². The minimum Gasteiger partial charge on any atom is -0.462 e. The maximum Gasteiger partial charge on any atom is 0.340 e. The molecule has 6 nitrogen and oxygen atoms in total. The number of carbonyl (C=O) groups excluding carboxylic acids is 1. The highest BCUT2D eigenvalue weighted by molar-refractivity contribution is 5.96. The number of hydrogen-bond acceptors (Lipinski definition) is 5. The van der Waals surface area contributed by atoms with Gasteiger partial charge in [0.2, 0.25) is 0 Å². The van der Waals surface area contributed by atoms with Gasteiger partial charge in [-0.25, -0.2) is 9.78 Å². The molecule has 1 atom stereocenters. The highest BCUT2D eigenvalue weighted by Crippen LogP contribution is 2.42. The number of benzene rings is 1. The topological polar surface area (TPSA) is 62.1 Å². The molecule has 0 N–H and O–H groups in total. The molecule has 0 radical (unpaired) electrons. The number of methoxy groups -OCH3 is 1. The molecular weight excluding hydrogens is 356 g/mol. The van der Waals surface area contributed by atoms with Crippen molar-refractivity contribution in [3.8, 4) is 5.75 Å². The summed E-state index contributed by atoms with van der Waals surface area (Å²) in [4.78, 5) is 17.3. The van der Waals surface area contributed by atoms with Gasteiger partial charge in [0.25, 0.3) is 5.79 Å². The van der Waals surface area contributed by atoms with Crippen molar-refractivity contribution in [2.75, 3.05) is 13.7 Å². The van der Waals surface area contributed by atoms with Crippen LogP contribution in [-0.2, 0) is 15.3 Å².